The van der Waals surface area contributed by atoms with Gasteiger partial charge in [-0.05, 0) is 11.8 Å². The van der Waals surface area contributed by atoms with Crippen molar-refractivity contribution in [3.63, 3.8) is 0 Å². The van der Waals surface area contributed by atoms with Gasteiger partial charge in [0, 0.05) is 26.2 Å². The molecule has 0 atom stereocenters. The lowest BCUT2D eigenvalue weighted by Crippen LogP contribution is -2.52. The molecule has 4 nitrogen and oxygen atoms in total. The average Bonchev–Trinajstić information content (AvgIpc) is 1.98. The smallest absolute Gasteiger partial charge is 0.225 e. The first-order valence-electron chi connectivity index (χ1n) is 5.14. The second kappa shape index (κ2) is 4.75. The fraction of sp³-hybridized carbons (Fsp3) is 0.900. The van der Waals surface area contributed by atoms with E-state index in [1.165, 1.54) is 0 Å². The van der Waals surface area contributed by atoms with Gasteiger partial charge in [-0.3, -0.25) is 4.79 Å². The number of carbonyl (C=O) groups is 1. The molecule has 0 spiro atoms. The molecule has 3 N–H and O–H groups in total. The third kappa shape index (κ3) is 3.27. The Labute approximate surface area is 85.1 Å². The van der Waals surface area contributed by atoms with E-state index in [-0.39, 0.29) is 23.8 Å². The summed E-state index contributed by atoms with van der Waals surface area (Å²) >= 11 is 0. The van der Waals surface area contributed by atoms with Crippen LogP contribution >= 0.6 is 0 Å². The standard InChI is InChI=1S/C10H20N2O2/c1-10(2,3-4-13)7-12-9(14)8-5-11-6-8/h8,11,13H,3-7H2,1-2H3,(H,12,14). The predicted octanol–water partition coefficient (Wildman–Crippen LogP) is -0.269. The number of rotatable bonds is 5. The van der Waals surface area contributed by atoms with E-state index in [0.717, 1.165) is 19.5 Å². The van der Waals surface area contributed by atoms with Gasteiger partial charge in [-0.2, -0.15) is 0 Å². The monoisotopic (exact) mass is 200 g/mol. The number of aliphatic hydroxyl groups is 1. The van der Waals surface area contributed by atoms with Crippen molar-refractivity contribution in [3.8, 4) is 0 Å². The topological polar surface area (TPSA) is 61.4 Å². The van der Waals surface area contributed by atoms with Crippen LogP contribution in [0.4, 0.5) is 0 Å². The summed E-state index contributed by atoms with van der Waals surface area (Å²) in [5.41, 5.74) is -0.0123. The second-order valence-corrected chi connectivity index (χ2v) is 4.71. The molecule has 0 bridgehead atoms. The lowest BCUT2D eigenvalue weighted by atomic mass is 9.89. The Morgan fingerprint density at radius 2 is 2.21 bits per heavy atom. The quantitative estimate of drug-likeness (QED) is 0.572. The molecule has 0 saturated carbocycles. The highest BCUT2D eigenvalue weighted by Gasteiger charge is 2.26. The van der Waals surface area contributed by atoms with Crippen molar-refractivity contribution in [1.82, 2.24) is 10.6 Å². The van der Waals surface area contributed by atoms with E-state index in [2.05, 4.69) is 10.6 Å². The lowest BCUT2D eigenvalue weighted by Gasteiger charge is -2.29. The van der Waals surface area contributed by atoms with Gasteiger partial charge >= 0.3 is 0 Å². The molecule has 0 unspecified atom stereocenters. The minimum Gasteiger partial charge on any atom is -0.396 e. The van der Waals surface area contributed by atoms with E-state index < -0.39 is 0 Å². The third-order valence-corrected chi connectivity index (χ3v) is 2.68. The van der Waals surface area contributed by atoms with Crippen molar-refractivity contribution in [2.24, 2.45) is 11.3 Å². The molecule has 1 aliphatic heterocycles. The fourth-order valence-corrected chi connectivity index (χ4v) is 1.34. The highest BCUT2D eigenvalue weighted by atomic mass is 16.3. The maximum Gasteiger partial charge on any atom is 0.225 e. The molecule has 82 valence electrons. The normalized spacial score (nSPS) is 17.6. The second-order valence-electron chi connectivity index (χ2n) is 4.71. The summed E-state index contributed by atoms with van der Waals surface area (Å²) in [5, 5.41) is 14.8. The van der Waals surface area contributed by atoms with E-state index in [4.69, 9.17) is 5.11 Å². The predicted molar refractivity (Wildman–Crippen MR) is 54.9 cm³/mol. The first kappa shape index (κ1) is 11.5. The van der Waals surface area contributed by atoms with Gasteiger partial charge in [-0.1, -0.05) is 13.8 Å². The van der Waals surface area contributed by atoms with Crippen molar-refractivity contribution in [3.05, 3.63) is 0 Å². The van der Waals surface area contributed by atoms with E-state index in [0.29, 0.717) is 6.54 Å². The third-order valence-electron chi connectivity index (χ3n) is 2.68. The van der Waals surface area contributed by atoms with E-state index >= 15 is 0 Å². The summed E-state index contributed by atoms with van der Waals surface area (Å²) in [7, 11) is 0. The zero-order chi connectivity index (χ0) is 10.6. The minimum atomic E-state index is -0.0123. The van der Waals surface area contributed by atoms with E-state index in [1.54, 1.807) is 0 Å². The molecule has 0 aromatic carbocycles. The highest BCUT2D eigenvalue weighted by molar-refractivity contribution is 5.80. The van der Waals surface area contributed by atoms with Crippen LogP contribution < -0.4 is 10.6 Å². The Hall–Kier alpha value is -0.610. The number of hydrogen-bond acceptors (Lipinski definition) is 3. The Morgan fingerprint density at radius 3 is 2.64 bits per heavy atom. The number of hydrogen-bond donors (Lipinski definition) is 3. The molecule has 0 aliphatic carbocycles. The van der Waals surface area contributed by atoms with Gasteiger partial charge in [0.05, 0.1) is 5.92 Å². The van der Waals surface area contributed by atoms with Crippen LogP contribution in [0.3, 0.4) is 0 Å². The van der Waals surface area contributed by atoms with Crippen LogP contribution in [0, 0.1) is 11.3 Å². The van der Waals surface area contributed by atoms with Crippen LogP contribution in [-0.4, -0.2) is 37.3 Å². The fourth-order valence-electron chi connectivity index (χ4n) is 1.34. The van der Waals surface area contributed by atoms with E-state index in [9.17, 15) is 4.79 Å². The van der Waals surface area contributed by atoms with Crippen molar-refractivity contribution >= 4 is 5.91 Å². The molecule has 0 aromatic rings. The van der Waals surface area contributed by atoms with Crippen LogP contribution in [-0.2, 0) is 4.79 Å². The van der Waals surface area contributed by atoms with Crippen molar-refractivity contribution in [1.29, 1.82) is 0 Å². The molecule has 1 rings (SSSR count). The number of carbonyl (C=O) groups excluding carboxylic acids is 1. The Balaban J connectivity index is 2.21. The zero-order valence-electron chi connectivity index (χ0n) is 8.97. The van der Waals surface area contributed by atoms with Crippen LogP contribution in [0.1, 0.15) is 20.3 Å². The van der Waals surface area contributed by atoms with E-state index in [1.807, 2.05) is 13.8 Å². The maximum atomic E-state index is 11.5. The summed E-state index contributed by atoms with van der Waals surface area (Å²) in [6.45, 7) is 6.50. The minimum absolute atomic E-state index is 0.0123. The Bertz CT molecular complexity index is 200. The van der Waals surface area contributed by atoms with Crippen molar-refractivity contribution in [2.75, 3.05) is 26.2 Å². The number of nitrogens with one attached hydrogen (secondary N) is 2. The maximum absolute atomic E-state index is 11.5. The summed E-state index contributed by atoms with van der Waals surface area (Å²) in [5.74, 6) is 0.287. The summed E-state index contributed by atoms with van der Waals surface area (Å²) in [6.07, 6.45) is 0.718. The molecule has 1 aliphatic rings. The summed E-state index contributed by atoms with van der Waals surface area (Å²) in [6, 6.07) is 0. The first-order chi connectivity index (χ1) is 6.55. The summed E-state index contributed by atoms with van der Waals surface area (Å²) < 4.78 is 0. The molecule has 1 amide bonds. The SMILES string of the molecule is CC(C)(CCO)CNC(=O)C1CNC1. The van der Waals surface area contributed by atoms with Gasteiger partial charge < -0.3 is 15.7 Å². The molecule has 0 aromatic heterocycles. The van der Waals surface area contributed by atoms with Gasteiger partial charge in [0.15, 0.2) is 0 Å². The van der Waals surface area contributed by atoms with Gasteiger partial charge in [-0.15, -0.1) is 0 Å². The van der Waals surface area contributed by atoms with Crippen molar-refractivity contribution in [2.45, 2.75) is 20.3 Å². The molecule has 1 heterocycles. The highest BCUT2D eigenvalue weighted by Crippen LogP contribution is 2.18. The van der Waals surface area contributed by atoms with Gasteiger partial charge in [0.1, 0.15) is 0 Å². The van der Waals surface area contributed by atoms with Gasteiger partial charge in [-0.25, -0.2) is 0 Å². The van der Waals surface area contributed by atoms with Crippen LogP contribution in [0.15, 0.2) is 0 Å². The largest absolute Gasteiger partial charge is 0.396 e. The van der Waals surface area contributed by atoms with Crippen LogP contribution in [0.5, 0.6) is 0 Å². The lowest BCUT2D eigenvalue weighted by molar-refractivity contribution is -0.126. The average molecular weight is 200 g/mol. The molecule has 1 saturated heterocycles. The van der Waals surface area contributed by atoms with Crippen LogP contribution in [0.2, 0.25) is 0 Å². The molecule has 14 heavy (non-hydrogen) atoms. The Morgan fingerprint density at radius 1 is 1.57 bits per heavy atom. The molecular weight excluding hydrogens is 180 g/mol. The molecule has 1 fully saturated rings. The molecule has 0 radical (unpaired) electrons. The molecule has 4 heteroatoms. The Kier molecular flexibility index (Phi) is 3.89. The van der Waals surface area contributed by atoms with Gasteiger partial charge in [0.25, 0.3) is 0 Å². The summed E-state index contributed by atoms with van der Waals surface area (Å²) in [4.78, 5) is 11.5. The zero-order valence-corrected chi connectivity index (χ0v) is 8.97. The van der Waals surface area contributed by atoms with Gasteiger partial charge in [0.2, 0.25) is 5.91 Å². The van der Waals surface area contributed by atoms with Crippen molar-refractivity contribution < 1.29 is 9.90 Å². The number of aliphatic hydroxyl groups excluding tert-OH is 1. The number of amides is 1. The first-order valence-corrected chi connectivity index (χ1v) is 5.14. The van der Waals surface area contributed by atoms with Crippen LogP contribution in [0.25, 0.3) is 0 Å². The molecular formula is C10H20N2O2.